The number of hydrogen-bond donors (Lipinski definition) is 2. The lowest BCUT2D eigenvalue weighted by Crippen LogP contribution is -2.29. The molecule has 0 bridgehead atoms. The molecule has 2 rings (SSSR count). The van der Waals surface area contributed by atoms with E-state index in [1.807, 2.05) is 0 Å². The van der Waals surface area contributed by atoms with Crippen LogP contribution in [0.5, 0.6) is 0 Å². The van der Waals surface area contributed by atoms with Crippen molar-refractivity contribution in [3.05, 3.63) is 28.2 Å². The number of carbonyl (C=O) groups is 2. The second kappa shape index (κ2) is 6.47. The number of amides is 2. The highest BCUT2D eigenvalue weighted by molar-refractivity contribution is 7.11. The Hall–Kier alpha value is -1.69. The first-order valence-electron chi connectivity index (χ1n) is 6.33. The number of aromatic nitrogens is 1. The van der Waals surface area contributed by atoms with Crippen molar-refractivity contribution in [2.45, 2.75) is 32.2 Å². The van der Waals surface area contributed by atoms with Gasteiger partial charge in [0.05, 0.1) is 12.2 Å². The van der Waals surface area contributed by atoms with Gasteiger partial charge in [0.25, 0.3) is 0 Å². The normalized spacial score (nSPS) is 12.8. The molecule has 5 nitrogen and oxygen atoms in total. The molecule has 1 aliphatic carbocycles. The number of aryl methyl sites for hydroxylation is 2. The molecule has 1 aromatic heterocycles. The fraction of sp³-hybridized carbons (Fsp3) is 0.462. The zero-order valence-electron chi connectivity index (χ0n) is 10.7. The van der Waals surface area contributed by atoms with Crippen LogP contribution in [0.2, 0.25) is 0 Å². The maximum absolute atomic E-state index is 11.6. The van der Waals surface area contributed by atoms with E-state index < -0.39 is 0 Å². The van der Waals surface area contributed by atoms with Gasteiger partial charge in [-0.15, -0.1) is 11.3 Å². The van der Waals surface area contributed by atoms with Gasteiger partial charge in [-0.1, -0.05) is 6.58 Å². The fourth-order valence-electron chi connectivity index (χ4n) is 1.95. The van der Waals surface area contributed by atoms with Crippen molar-refractivity contribution in [1.29, 1.82) is 0 Å². The van der Waals surface area contributed by atoms with E-state index in [9.17, 15) is 9.59 Å². The largest absolute Gasteiger partial charge is 0.352 e. The standard InChI is InChI=1S/C13H17N3O2S/c1-2-11(17)14-7-6-12(18)15-8-13-16-9-4-3-5-10(9)19-13/h2H,1,3-8H2,(H,14,17)(H,15,18). The van der Waals surface area contributed by atoms with Gasteiger partial charge in [-0.2, -0.15) is 0 Å². The van der Waals surface area contributed by atoms with E-state index >= 15 is 0 Å². The summed E-state index contributed by atoms with van der Waals surface area (Å²) in [5.41, 5.74) is 1.20. The van der Waals surface area contributed by atoms with E-state index in [0.29, 0.717) is 13.1 Å². The Labute approximate surface area is 116 Å². The summed E-state index contributed by atoms with van der Waals surface area (Å²) in [6.45, 7) is 4.14. The van der Waals surface area contributed by atoms with E-state index in [2.05, 4.69) is 22.2 Å². The lowest BCUT2D eigenvalue weighted by atomic mass is 10.3. The third-order valence-electron chi connectivity index (χ3n) is 2.91. The van der Waals surface area contributed by atoms with Crippen molar-refractivity contribution in [2.24, 2.45) is 0 Å². The van der Waals surface area contributed by atoms with Gasteiger partial charge in [-0.3, -0.25) is 9.59 Å². The second-order valence-corrected chi connectivity index (χ2v) is 5.52. The van der Waals surface area contributed by atoms with E-state index in [1.165, 1.54) is 23.1 Å². The van der Waals surface area contributed by atoms with Crippen LogP contribution in [0, 0.1) is 0 Å². The number of rotatable bonds is 6. The molecule has 0 saturated heterocycles. The molecule has 0 aliphatic heterocycles. The molecule has 6 heteroatoms. The summed E-state index contributed by atoms with van der Waals surface area (Å²) >= 11 is 1.69. The average Bonchev–Trinajstić information content (AvgIpc) is 2.96. The summed E-state index contributed by atoms with van der Waals surface area (Å²) in [6.07, 6.45) is 4.84. The predicted octanol–water partition coefficient (Wildman–Crippen LogP) is 0.940. The molecule has 1 aliphatic rings. The van der Waals surface area contributed by atoms with Crippen LogP contribution in [0.25, 0.3) is 0 Å². The third kappa shape index (κ3) is 3.89. The first-order chi connectivity index (χ1) is 9.19. The van der Waals surface area contributed by atoms with Gasteiger partial charge in [-0.25, -0.2) is 4.98 Å². The minimum Gasteiger partial charge on any atom is -0.352 e. The molecule has 0 unspecified atom stereocenters. The maximum Gasteiger partial charge on any atom is 0.243 e. The van der Waals surface area contributed by atoms with Gasteiger partial charge < -0.3 is 10.6 Å². The number of nitrogens with one attached hydrogen (secondary N) is 2. The number of nitrogens with zero attached hydrogens (tertiary/aromatic N) is 1. The predicted molar refractivity (Wildman–Crippen MR) is 73.8 cm³/mol. The summed E-state index contributed by atoms with van der Waals surface area (Å²) in [4.78, 5) is 28.3. The molecule has 0 atom stereocenters. The van der Waals surface area contributed by atoms with Crippen LogP contribution in [0.1, 0.15) is 28.4 Å². The van der Waals surface area contributed by atoms with E-state index in [0.717, 1.165) is 17.8 Å². The molecule has 0 fully saturated rings. The number of thiazole rings is 1. The van der Waals surface area contributed by atoms with Gasteiger partial charge in [0.2, 0.25) is 11.8 Å². The van der Waals surface area contributed by atoms with Crippen molar-refractivity contribution in [3.8, 4) is 0 Å². The Balaban J connectivity index is 1.68. The molecule has 2 amide bonds. The molecular weight excluding hydrogens is 262 g/mol. The minimum atomic E-state index is -0.260. The molecule has 102 valence electrons. The van der Waals surface area contributed by atoms with E-state index in [1.54, 1.807) is 11.3 Å². The van der Waals surface area contributed by atoms with Crippen molar-refractivity contribution in [2.75, 3.05) is 6.54 Å². The van der Waals surface area contributed by atoms with Gasteiger partial charge in [-0.05, 0) is 25.3 Å². The summed E-state index contributed by atoms with van der Waals surface area (Å²) in [5, 5.41) is 6.34. The highest BCUT2D eigenvalue weighted by atomic mass is 32.1. The lowest BCUT2D eigenvalue weighted by Gasteiger charge is -2.03. The van der Waals surface area contributed by atoms with Gasteiger partial charge in [0, 0.05) is 17.8 Å². The van der Waals surface area contributed by atoms with Crippen LogP contribution < -0.4 is 10.6 Å². The van der Waals surface area contributed by atoms with Crippen LogP contribution in [-0.4, -0.2) is 23.3 Å². The zero-order valence-corrected chi connectivity index (χ0v) is 11.5. The molecule has 0 radical (unpaired) electrons. The third-order valence-corrected chi connectivity index (χ3v) is 4.07. The smallest absolute Gasteiger partial charge is 0.243 e. The molecule has 2 N–H and O–H groups in total. The van der Waals surface area contributed by atoms with Gasteiger partial charge >= 0.3 is 0 Å². The number of hydrogen-bond acceptors (Lipinski definition) is 4. The zero-order chi connectivity index (χ0) is 13.7. The molecule has 1 heterocycles. The quantitative estimate of drug-likeness (QED) is 0.761. The highest BCUT2D eigenvalue weighted by Crippen LogP contribution is 2.27. The molecule has 0 aromatic carbocycles. The summed E-state index contributed by atoms with van der Waals surface area (Å²) in [6, 6.07) is 0. The highest BCUT2D eigenvalue weighted by Gasteiger charge is 2.16. The van der Waals surface area contributed by atoms with E-state index in [-0.39, 0.29) is 18.2 Å². The van der Waals surface area contributed by atoms with Gasteiger partial charge in [0.1, 0.15) is 5.01 Å². The molecular formula is C13H17N3O2S. The Morgan fingerprint density at radius 2 is 2.21 bits per heavy atom. The maximum atomic E-state index is 11.6. The number of carbonyl (C=O) groups excluding carboxylic acids is 2. The monoisotopic (exact) mass is 279 g/mol. The number of fused-ring (bicyclic) bond motifs is 1. The molecule has 1 aromatic rings. The van der Waals surface area contributed by atoms with Crippen LogP contribution >= 0.6 is 11.3 Å². The Morgan fingerprint density at radius 3 is 2.95 bits per heavy atom. The van der Waals surface area contributed by atoms with Crippen molar-refractivity contribution < 1.29 is 9.59 Å². The van der Waals surface area contributed by atoms with Crippen LogP contribution in [-0.2, 0) is 29.0 Å². The van der Waals surface area contributed by atoms with Crippen LogP contribution in [0.3, 0.4) is 0 Å². The first-order valence-corrected chi connectivity index (χ1v) is 7.15. The Bertz CT molecular complexity index is 475. The van der Waals surface area contributed by atoms with Crippen molar-refractivity contribution in [1.82, 2.24) is 15.6 Å². The molecule has 19 heavy (non-hydrogen) atoms. The molecule has 0 spiro atoms. The summed E-state index contributed by atoms with van der Waals surface area (Å²) < 4.78 is 0. The first kappa shape index (κ1) is 13.7. The second-order valence-electron chi connectivity index (χ2n) is 4.35. The van der Waals surface area contributed by atoms with Crippen LogP contribution in [0.15, 0.2) is 12.7 Å². The minimum absolute atomic E-state index is 0.0836. The topological polar surface area (TPSA) is 71.1 Å². The van der Waals surface area contributed by atoms with Crippen LogP contribution in [0.4, 0.5) is 0 Å². The summed E-state index contributed by atoms with van der Waals surface area (Å²) in [5.74, 6) is -0.344. The summed E-state index contributed by atoms with van der Waals surface area (Å²) in [7, 11) is 0. The van der Waals surface area contributed by atoms with Crippen molar-refractivity contribution in [3.63, 3.8) is 0 Å². The SMILES string of the molecule is C=CC(=O)NCCC(=O)NCc1nc2c(s1)CCC2. The average molecular weight is 279 g/mol. The fourth-order valence-corrected chi connectivity index (χ4v) is 3.05. The Morgan fingerprint density at radius 1 is 1.37 bits per heavy atom. The molecule has 0 saturated carbocycles. The van der Waals surface area contributed by atoms with Gasteiger partial charge in [0.15, 0.2) is 0 Å². The van der Waals surface area contributed by atoms with Crippen molar-refractivity contribution >= 4 is 23.2 Å². The van der Waals surface area contributed by atoms with E-state index in [4.69, 9.17) is 0 Å². The lowest BCUT2D eigenvalue weighted by molar-refractivity contribution is -0.121. The Kier molecular flexibility index (Phi) is 4.68.